The molecule has 6 heteroatoms. The van der Waals surface area contributed by atoms with Gasteiger partial charge in [0.25, 0.3) is 0 Å². The van der Waals surface area contributed by atoms with Crippen LogP contribution in [0.25, 0.3) is 0 Å². The summed E-state index contributed by atoms with van der Waals surface area (Å²) in [4.78, 5) is 14.1. The van der Waals surface area contributed by atoms with Gasteiger partial charge in [0, 0.05) is 12.1 Å². The van der Waals surface area contributed by atoms with E-state index in [4.69, 9.17) is 11.5 Å². The summed E-state index contributed by atoms with van der Waals surface area (Å²) in [5, 5.41) is 10.7. The lowest BCUT2D eigenvalue weighted by Gasteiger charge is -2.05. The first-order chi connectivity index (χ1) is 8.58. The molecule has 4 N–H and O–H groups in total. The van der Waals surface area contributed by atoms with E-state index >= 15 is 0 Å². The van der Waals surface area contributed by atoms with E-state index in [2.05, 4.69) is 4.98 Å². The van der Waals surface area contributed by atoms with E-state index in [-0.39, 0.29) is 17.2 Å². The summed E-state index contributed by atoms with van der Waals surface area (Å²) in [5.41, 5.74) is 12.5. The predicted octanol–water partition coefficient (Wildman–Crippen LogP) is 1.74. The molecular weight excluding hydrogens is 232 g/mol. The molecule has 0 atom stereocenters. The van der Waals surface area contributed by atoms with Crippen LogP contribution in [0.5, 0.6) is 0 Å². The van der Waals surface area contributed by atoms with Gasteiger partial charge in [0.05, 0.1) is 4.92 Å². The number of nitrogens with two attached hydrogens (primary N) is 2. The molecule has 0 saturated carbocycles. The Hall–Kier alpha value is -2.63. The van der Waals surface area contributed by atoms with Crippen molar-refractivity contribution >= 4 is 17.2 Å². The molecule has 0 bridgehead atoms. The number of pyridine rings is 1. The van der Waals surface area contributed by atoms with Crippen molar-refractivity contribution in [1.82, 2.24) is 4.98 Å². The Morgan fingerprint density at radius 2 is 1.89 bits per heavy atom. The molecule has 2 aromatic rings. The van der Waals surface area contributed by atoms with E-state index in [1.807, 2.05) is 30.3 Å². The topological polar surface area (TPSA) is 108 Å². The molecule has 0 aliphatic carbocycles. The zero-order valence-electron chi connectivity index (χ0n) is 9.54. The third kappa shape index (κ3) is 2.37. The first-order valence-corrected chi connectivity index (χ1v) is 5.31. The number of nitro groups is 1. The van der Waals surface area contributed by atoms with E-state index < -0.39 is 4.92 Å². The second kappa shape index (κ2) is 4.70. The molecule has 18 heavy (non-hydrogen) atoms. The van der Waals surface area contributed by atoms with E-state index in [1.165, 1.54) is 6.07 Å². The van der Waals surface area contributed by atoms with Crippen molar-refractivity contribution in [2.75, 3.05) is 11.5 Å². The summed E-state index contributed by atoms with van der Waals surface area (Å²) >= 11 is 0. The first-order valence-electron chi connectivity index (χ1n) is 5.31. The number of nitrogens with zero attached hydrogens (tertiary/aromatic N) is 2. The third-order valence-electron chi connectivity index (χ3n) is 2.51. The Morgan fingerprint density at radius 3 is 2.44 bits per heavy atom. The van der Waals surface area contributed by atoms with E-state index in [0.717, 1.165) is 5.56 Å². The van der Waals surface area contributed by atoms with Crippen molar-refractivity contribution in [3.63, 3.8) is 0 Å². The smallest absolute Gasteiger partial charge is 0.333 e. The second-order valence-electron chi connectivity index (χ2n) is 3.86. The minimum atomic E-state index is -0.621. The van der Waals surface area contributed by atoms with Gasteiger partial charge >= 0.3 is 5.69 Å². The maximum atomic E-state index is 10.7. The number of aromatic nitrogens is 1. The molecule has 92 valence electrons. The van der Waals surface area contributed by atoms with Crippen molar-refractivity contribution in [3.8, 4) is 0 Å². The summed E-state index contributed by atoms with van der Waals surface area (Å²) in [7, 11) is 0. The molecule has 0 unspecified atom stereocenters. The van der Waals surface area contributed by atoms with Crippen molar-refractivity contribution < 1.29 is 4.92 Å². The van der Waals surface area contributed by atoms with Crippen LogP contribution in [0.15, 0.2) is 36.4 Å². The average Bonchev–Trinajstić information content (AvgIpc) is 2.28. The molecule has 0 aliphatic heterocycles. The molecule has 0 saturated heterocycles. The Morgan fingerprint density at radius 1 is 1.22 bits per heavy atom. The van der Waals surface area contributed by atoms with Gasteiger partial charge in [0.1, 0.15) is 5.69 Å². The van der Waals surface area contributed by atoms with Gasteiger partial charge in [-0.3, -0.25) is 10.1 Å². The van der Waals surface area contributed by atoms with Crippen molar-refractivity contribution in [3.05, 3.63) is 57.8 Å². The minimum absolute atomic E-state index is 0.0402. The molecule has 1 aromatic heterocycles. The zero-order valence-corrected chi connectivity index (χ0v) is 9.54. The van der Waals surface area contributed by atoms with Crippen LogP contribution in [-0.2, 0) is 6.42 Å². The Bertz CT molecular complexity index is 561. The summed E-state index contributed by atoms with van der Waals surface area (Å²) in [5.74, 6) is -0.147. The van der Waals surface area contributed by atoms with Crippen LogP contribution < -0.4 is 11.5 Å². The highest BCUT2D eigenvalue weighted by Crippen LogP contribution is 2.28. The number of benzene rings is 1. The van der Waals surface area contributed by atoms with Gasteiger partial charge in [-0.05, 0) is 11.6 Å². The lowest BCUT2D eigenvalue weighted by atomic mass is 10.1. The average molecular weight is 244 g/mol. The molecule has 0 fully saturated rings. The Labute approximate surface area is 103 Å². The summed E-state index contributed by atoms with van der Waals surface area (Å²) in [6.07, 6.45) is 0.535. The van der Waals surface area contributed by atoms with Crippen molar-refractivity contribution in [2.45, 2.75) is 6.42 Å². The second-order valence-corrected chi connectivity index (χ2v) is 3.86. The molecule has 0 amide bonds. The normalized spacial score (nSPS) is 10.2. The fourth-order valence-corrected chi connectivity index (χ4v) is 1.73. The number of nitrogen functional groups attached to an aromatic ring is 2. The van der Waals surface area contributed by atoms with Gasteiger partial charge in [-0.25, -0.2) is 4.98 Å². The highest BCUT2D eigenvalue weighted by molar-refractivity contribution is 5.69. The van der Waals surface area contributed by atoms with E-state index in [1.54, 1.807) is 0 Å². The predicted molar refractivity (Wildman–Crippen MR) is 69.0 cm³/mol. The molecule has 1 heterocycles. The summed E-state index contributed by atoms with van der Waals surface area (Å²) in [6, 6.07) is 11.1. The lowest BCUT2D eigenvalue weighted by Crippen LogP contribution is -2.05. The molecular formula is C12H12N4O2. The van der Waals surface area contributed by atoms with Crippen LogP contribution >= 0.6 is 0 Å². The van der Waals surface area contributed by atoms with Crippen LogP contribution in [0.3, 0.4) is 0 Å². The minimum Gasteiger partial charge on any atom is -0.393 e. The van der Waals surface area contributed by atoms with Crippen LogP contribution in [-0.4, -0.2) is 9.91 Å². The van der Waals surface area contributed by atoms with E-state index in [0.29, 0.717) is 12.1 Å². The molecule has 0 radical (unpaired) electrons. The van der Waals surface area contributed by atoms with E-state index in [9.17, 15) is 10.1 Å². The molecule has 1 aromatic carbocycles. The van der Waals surface area contributed by atoms with Crippen LogP contribution in [0.1, 0.15) is 11.3 Å². The van der Waals surface area contributed by atoms with Gasteiger partial charge in [-0.15, -0.1) is 0 Å². The number of hydrogen-bond donors (Lipinski definition) is 2. The summed E-state index contributed by atoms with van der Waals surface area (Å²) in [6.45, 7) is 0. The van der Waals surface area contributed by atoms with Gasteiger partial charge in [-0.1, -0.05) is 30.3 Å². The number of rotatable bonds is 3. The SMILES string of the molecule is Nc1cc(Cc2ccccc2)nc(N)c1[N+](=O)[O-]. The van der Waals surface area contributed by atoms with Crippen molar-refractivity contribution in [1.29, 1.82) is 0 Å². The number of hydrogen-bond acceptors (Lipinski definition) is 5. The molecule has 0 aliphatic rings. The van der Waals surface area contributed by atoms with Gasteiger partial charge in [0.2, 0.25) is 5.82 Å². The van der Waals surface area contributed by atoms with Gasteiger partial charge in [-0.2, -0.15) is 0 Å². The van der Waals surface area contributed by atoms with Gasteiger partial charge in [0.15, 0.2) is 0 Å². The van der Waals surface area contributed by atoms with Crippen LogP contribution in [0.4, 0.5) is 17.2 Å². The first kappa shape index (κ1) is 11.8. The third-order valence-corrected chi connectivity index (χ3v) is 2.51. The fraction of sp³-hybridized carbons (Fsp3) is 0.0833. The zero-order chi connectivity index (χ0) is 13.1. The summed E-state index contributed by atoms with van der Waals surface area (Å²) < 4.78 is 0. The highest BCUT2D eigenvalue weighted by Gasteiger charge is 2.18. The maximum Gasteiger partial charge on any atom is 0.333 e. The van der Waals surface area contributed by atoms with Crippen LogP contribution in [0, 0.1) is 10.1 Å². The highest BCUT2D eigenvalue weighted by atomic mass is 16.6. The standard InChI is InChI=1S/C12H12N4O2/c13-10-7-9(6-8-4-2-1-3-5-8)15-12(14)11(10)16(17)18/h1-5,7H,6H2,(H4,13,14,15). The molecule has 0 spiro atoms. The maximum absolute atomic E-state index is 10.7. The Balaban J connectivity index is 2.34. The number of anilines is 2. The lowest BCUT2D eigenvalue weighted by molar-refractivity contribution is -0.383. The quantitative estimate of drug-likeness (QED) is 0.631. The Kier molecular flexibility index (Phi) is 3.09. The fourth-order valence-electron chi connectivity index (χ4n) is 1.73. The van der Waals surface area contributed by atoms with Crippen molar-refractivity contribution in [2.24, 2.45) is 0 Å². The van der Waals surface area contributed by atoms with Gasteiger partial charge < -0.3 is 11.5 Å². The molecule has 2 rings (SSSR count). The molecule has 6 nitrogen and oxygen atoms in total. The largest absolute Gasteiger partial charge is 0.393 e. The monoisotopic (exact) mass is 244 g/mol. The van der Waals surface area contributed by atoms with Crippen LogP contribution in [0.2, 0.25) is 0 Å².